The molecule has 0 heterocycles. The lowest BCUT2D eigenvalue weighted by molar-refractivity contribution is 0.494. The van der Waals surface area contributed by atoms with Gasteiger partial charge in [-0.25, -0.2) is 0 Å². The molecule has 0 aromatic carbocycles. The van der Waals surface area contributed by atoms with Crippen molar-refractivity contribution in [3.8, 4) is 0 Å². The molecule has 0 amide bonds. The molecule has 0 aliphatic carbocycles. The van der Waals surface area contributed by atoms with Crippen LogP contribution in [-0.4, -0.2) is 16.4 Å². The minimum atomic E-state index is -3.46. The lowest BCUT2D eigenvalue weighted by Gasteiger charge is -2.23. The second-order valence-electron chi connectivity index (χ2n) is 6.35. The van der Waals surface area contributed by atoms with Crippen LogP contribution >= 0.6 is 17.2 Å². The SMILES string of the molecule is CCCCC(CC)CSP(=O)(O)S(=S)(=S)CC(CC)CCCC. The van der Waals surface area contributed by atoms with E-state index in [4.69, 9.17) is 22.4 Å². The molecule has 0 aromatic heterocycles. The van der Waals surface area contributed by atoms with Crippen molar-refractivity contribution in [1.29, 1.82) is 0 Å². The average molecular weight is 419 g/mol. The van der Waals surface area contributed by atoms with E-state index in [0.29, 0.717) is 17.6 Å². The summed E-state index contributed by atoms with van der Waals surface area (Å²) in [5.74, 6) is -1.25. The zero-order valence-corrected chi connectivity index (χ0v) is 19.3. The van der Waals surface area contributed by atoms with E-state index in [1.807, 2.05) is 0 Å². The molecule has 140 valence electrons. The van der Waals surface area contributed by atoms with Crippen LogP contribution in [0.25, 0.3) is 0 Å². The Hall–Kier alpha value is 1.33. The Morgan fingerprint density at radius 1 is 1.00 bits per heavy atom. The van der Waals surface area contributed by atoms with Crippen LogP contribution in [0.2, 0.25) is 0 Å². The van der Waals surface area contributed by atoms with E-state index in [0.717, 1.165) is 44.3 Å². The van der Waals surface area contributed by atoms with Crippen molar-refractivity contribution in [3.05, 3.63) is 0 Å². The summed E-state index contributed by atoms with van der Waals surface area (Å²) >= 11 is 12.2. The summed E-state index contributed by atoms with van der Waals surface area (Å²) in [6, 6.07) is 0. The zero-order chi connectivity index (χ0) is 17.9. The first-order chi connectivity index (χ1) is 10.7. The Labute approximate surface area is 157 Å². The van der Waals surface area contributed by atoms with Crippen LogP contribution < -0.4 is 0 Å². The van der Waals surface area contributed by atoms with Gasteiger partial charge >= 0.3 is 5.77 Å². The van der Waals surface area contributed by atoms with Crippen molar-refractivity contribution < 1.29 is 9.46 Å². The van der Waals surface area contributed by atoms with Crippen LogP contribution in [-0.2, 0) is 33.7 Å². The van der Waals surface area contributed by atoms with Crippen molar-refractivity contribution in [1.82, 2.24) is 0 Å². The molecule has 0 fully saturated rings. The van der Waals surface area contributed by atoms with Gasteiger partial charge in [0, 0.05) is 11.5 Å². The molecule has 0 saturated carbocycles. The molecule has 0 aliphatic heterocycles. The quantitative estimate of drug-likeness (QED) is 0.334. The largest absolute Gasteiger partial charge is 0.329 e. The van der Waals surface area contributed by atoms with Gasteiger partial charge in [-0.2, -0.15) is 0 Å². The number of unbranched alkanes of at least 4 members (excludes halogenated alkanes) is 2. The molecule has 0 spiro atoms. The van der Waals surface area contributed by atoms with Crippen LogP contribution in [0.1, 0.15) is 79.1 Å². The maximum absolute atomic E-state index is 12.8. The normalized spacial score (nSPS) is 17.6. The summed E-state index contributed by atoms with van der Waals surface area (Å²) in [6.45, 7) is 6.35. The molecule has 2 nitrogen and oxygen atoms in total. The van der Waals surface area contributed by atoms with E-state index in [2.05, 4.69) is 27.7 Å². The third-order valence-corrected chi connectivity index (χ3v) is 20.3. The van der Waals surface area contributed by atoms with Crippen molar-refractivity contribution in [2.45, 2.75) is 79.1 Å². The monoisotopic (exact) mass is 418 g/mol. The Morgan fingerprint density at radius 2 is 1.48 bits per heavy atom. The second-order valence-corrected chi connectivity index (χ2v) is 21.2. The Kier molecular flexibility index (Phi) is 13.4. The van der Waals surface area contributed by atoms with Gasteiger partial charge in [0.15, 0.2) is 0 Å². The van der Waals surface area contributed by atoms with Gasteiger partial charge in [0.05, 0.1) is 0 Å². The summed E-state index contributed by atoms with van der Waals surface area (Å²) in [7, 11) is 0. The third-order valence-electron chi connectivity index (χ3n) is 4.36. The summed E-state index contributed by atoms with van der Waals surface area (Å²) in [6.07, 6.45) is 8.91. The molecule has 0 aromatic rings. The number of hydrogen-bond acceptors (Lipinski definition) is 4. The summed E-state index contributed by atoms with van der Waals surface area (Å²) < 4.78 is 12.8. The van der Waals surface area contributed by atoms with Crippen LogP contribution in [0, 0.1) is 11.8 Å². The molecule has 0 radical (unpaired) electrons. The minimum Gasteiger partial charge on any atom is -0.329 e. The first kappa shape index (κ1) is 24.3. The standard InChI is InChI=1S/C16H35O2PS4/c1-5-9-11-15(7-3)13-22-19(17,18)23(20,21)14-16(8-4)12-10-6-2/h15-16H,5-14H2,1-4H3,(H,17,18). The van der Waals surface area contributed by atoms with Gasteiger partial charge < -0.3 is 4.89 Å². The molecule has 3 atom stereocenters. The summed E-state index contributed by atoms with van der Waals surface area (Å²) in [5.41, 5.74) is 0. The summed E-state index contributed by atoms with van der Waals surface area (Å²) in [5, 5.41) is 0. The van der Waals surface area contributed by atoms with Crippen molar-refractivity contribution >= 4 is 46.3 Å². The predicted molar refractivity (Wildman–Crippen MR) is 116 cm³/mol. The lowest BCUT2D eigenvalue weighted by Crippen LogP contribution is -2.14. The Bertz CT molecular complexity index is 451. The van der Waals surface area contributed by atoms with E-state index in [1.165, 1.54) is 24.2 Å². The average Bonchev–Trinajstić information content (AvgIpc) is 2.51. The molecular formula is C16H35O2PS4. The molecule has 0 aliphatic rings. The highest BCUT2D eigenvalue weighted by atomic mass is 33.5. The first-order valence-corrected chi connectivity index (χ1v) is 16.4. The highest BCUT2D eigenvalue weighted by molar-refractivity contribution is 9.02. The molecule has 3 unspecified atom stereocenters. The van der Waals surface area contributed by atoms with E-state index in [9.17, 15) is 9.46 Å². The fourth-order valence-corrected chi connectivity index (χ4v) is 13.5. The van der Waals surface area contributed by atoms with Crippen LogP contribution in [0.4, 0.5) is 0 Å². The highest BCUT2D eigenvalue weighted by Gasteiger charge is 2.31. The smallest absolute Gasteiger partial charge is 0.318 e. The Balaban J connectivity index is 4.72. The lowest BCUT2D eigenvalue weighted by atomic mass is 10.0. The molecule has 23 heavy (non-hydrogen) atoms. The fraction of sp³-hybridized carbons (Fsp3) is 1.00. The minimum absolute atomic E-state index is 0.406. The number of rotatable bonds is 14. The maximum atomic E-state index is 12.8. The first-order valence-electron chi connectivity index (χ1n) is 8.94. The fourth-order valence-electron chi connectivity index (χ4n) is 2.47. The Morgan fingerprint density at radius 3 is 1.91 bits per heavy atom. The van der Waals surface area contributed by atoms with Gasteiger partial charge in [-0.1, -0.05) is 77.6 Å². The van der Waals surface area contributed by atoms with E-state index in [1.54, 1.807) is 0 Å². The van der Waals surface area contributed by atoms with E-state index >= 15 is 0 Å². The molecule has 0 rings (SSSR count). The third kappa shape index (κ3) is 9.55. The summed E-state index contributed by atoms with van der Waals surface area (Å²) in [4.78, 5) is 10.5. The van der Waals surface area contributed by atoms with Crippen LogP contribution in [0.3, 0.4) is 0 Å². The van der Waals surface area contributed by atoms with Crippen molar-refractivity contribution in [3.63, 3.8) is 0 Å². The van der Waals surface area contributed by atoms with Crippen LogP contribution in [0.15, 0.2) is 0 Å². The van der Waals surface area contributed by atoms with Gasteiger partial charge in [0.25, 0.3) is 0 Å². The topological polar surface area (TPSA) is 37.3 Å². The van der Waals surface area contributed by atoms with Gasteiger partial charge in [-0.3, -0.25) is 4.57 Å². The zero-order valence-electron chi connectivity index (χ0n) is 15.2. The van der Waals surface area contributed by atoms with Crippen molar-refractivity contribution in [2.75, 3.05) is 11.5 Å². The van der Waals surface area contributed by atoms with E-state index in [-0.39, 0.29) is 0 Å². The number of hydrogen-bond donors (Lipinski definition) is 1. The van der Waals surface area contributed by atoms with Gasteiger partial charge in [0.2, 0.25) is 0 Å². The van der Waals surface area contributed by atoms with Crippen molar-refractivity contribution in [2.24, 2.45) is 11.8 Å². The van der Waals surface area contributed by atoms with Crippen LogP contribution in [0.5, 0.6) is 0 Å². The van der Waals surface area contributed by atoms with E-state index < -0.39 is 12.5 Å². The van der Waals surface area contributed by atoms with Gasteiger partial charge in [-0.15, -0.1) is 0 Å². The molecule has 0 bridgehead atoms. The van der Waals surface area contributed by atoms with Gasteiger partial charge in [-0.05, 0) is 53.8 Å². The molecule has 0 saturated heterocycles. The molecular weight excluding hydrogens is 383 g/mol. The molecule has 1 N–H and O–H groups in total. The highest BCUT2D eigenvalue weighted by Crippen LogP contribution is 2.62. The predicted octanol–water partition coefficient (Wildman–Crippen LogP) is 6.33. The van der Waals surface area contributed by atoms with Gasteiger partial charge in [0.1, 0.15) is 0 Å². The second kappa shape index (κ2) is 12.6. The maximum Gasteiger partial charge on any atom is 0.318 e. The molecule has 7 heteroatoms.